The number of carbonyl (C=O) groups is 2. The summed E-state index contributed by atoms with van der Waals surface area (Å²) in [5.74, 6) is -1.20. The lowest BCUT2D eigenvalue weighted by Gasteiger charge is -2.20. The summed E-state index contributed by atoms with van der Waals surface area (Å²) in [6.45, 7) is 2.01. The van der Waals surface area contributed by atoms with Crippen molar-refractivity contribution < 1.29 is 52.9 Å². The molecule has 0 fully saturated rings. The van der Waals surface area contributed by atoms with Crippen LogP contribution in [-0.4, -0.2) is 76.9 Å². The Labute approximate surface area is 349 Å². The number of ether oxygens (including phenoxy) is 2. The third-order valence-corrected chi connectivity index (χ3v) is 9.27. The third kappa shape index (κ3) is 39.7. The number of hydrogen-bond acceptors (Lipinski definition) is 10. The lowest BCUT2D eigenvalue weighted by atomic mass is 10.1. The van der Waals surface area contributed by atoms with E-state index in [1.54, 1.807) is 12.2 Å². The van der Waals surface area contributed by atoms with E-state index in [9.17, 15) is 29.3 Å². The van der Waals surface area contributed by atoms with E-state index >= 15 is 0 Å². The van der Waals surface area contributed by atoms with Gasteiger partial charge in [0.1, 0.15) is 12.7 Å². The minimum atomic E-state index is -4.68. The maximum atomic E-state index is 12.6. The van der Waals surface area contributed by atoms with Crippen LogP contribution < -0.4 is 0 Å². The fraction of sp³-hybridized carbons (Fsp3) is 0.609. The number of carbonyl (C=O) groups excluding carboxylic acids is 2. The Balaban J connectivity index is 4.62. The molecule has 0 saturated carbocycles. The number of phosphoric ester groups is 1. The molecule has 0 aliphatic rings. The minimum Gasteiger partial charge on any atom is -0.462 e. The second kappa shape index (κ2) is 40.6. The summed E-state index contributed by atoms with van der Waals surface area (Å²) in [6.07, 6.45) is 45.5. The van der Waals surface area contributed by atoms with Crippen molar-refractivity contribution >= 4 is 19.8 Å². The Morgan fingerprint density at radius 3 is 1.60 bits per heavy atom. The summed E-state index contributed by atoms with van der Waals surface area (Å²) in [7, 11) is -4.68. The zero-order valence-corrected chi connectivity index (χ0v) is 36.2. The lowest BCUT2D eigenvalue weighted by Crippen LogP contribution is -2.29. The van der Waals surface area contributed by atoms with Crippen LogP contribution in [0.25, 0.3) is 0 Å². The maximum Gasteiger partial charge on any atom is 0.472 e. The molecule has 0 aromatic rings. The van der Waals surface area contributed by atoms with E-state index in [2.05, 4.69) is 79.1 Å². The van der Waals surface area contributed by atoms with E-state index in [1.165, 1.54) is 38.5 Å². The molecule has 11 nitrogen and oxygen atoms in total. The second-order valence-electron chi connectivity index (χ2n) is 13.9. The Bertz CT molecular complexity index is 1300. The van der Waals surface area contributed by atoms with Crippen LogP contribution in [0.5, 0.6) is 0 Å². The number of unbranched alkanes of at least 4 members (excludes halogenated alkanes) is 7. The number of aliphatic hydroxyl groups is 3. The molecule has 1 unspecified atom stereocenters. The molecule has 0 bridgehead atoms. The van der Waals surface area contributed by atoms with Crippen molar-refractivity contribution in [3.05, 3.63) is 97.2 Å². The maximum absolute atomic E-state index is 12.6. The summed E-state index contributed by atoms with van der Waals surface area (Å²) >= 11 is 0. The largest absolute Gasteiger partial charge is 0.472 e. The molecule has 0 amide bonds. The molecule has 0 rings (SSSR count). The first-order chi connectivity index (χ1) is 28.1. The molecule has 0 aliphatic heterocycles. The predicted molar refractivity (Wildman–Crippen MR) is 234 cm³/mol. The van der Waals surface area contributed by atoms with Crippen LogP contribution in [0.1, 0.15) is 136 Å². The van der Waals surface area contributed by atoms with Gasteiger partial charge >= 0.3 is 19.8 Å². The van der Waals surface area contributed by atoms with Crippen molar-refractivity contribution in [3.63, 3.8) is 0 Å². The molecule has 58 heavy (non-hydrogen) atoms. The summed E-state index contributed by atoms with van der Waals surface area (Å²) < 4.78 is 32.5. The third-order valence-electron chi connectivity index (χ3n) is 8.32. The van der Waals surface area contributed by atoms with E-state index in [4.69, 9.17) is 19.1 Å². The molecule has 0 heterocycles. The van der Waals surface area contributed by atoms with E-state index in [1.807, 2.05) is 24.3 Å². The van der Waals surface area contributed by atoms with Gasteiger partial charge in [-0.1, -0.05) is 137 Å². The highest BCUT2D eigenvalue weighted by Crippen LogP contribution is 2.43. The van der Waals surface area contributed by atoms with Crippen LogP contribution in [0.15, 0.2) is 97.2 Å². The molecule has 12 heteroatoms. The first-order valence-electron chi connectivity index (χ1n) is 21.3. The molecule has 0 saturated heterocycles. The van der Waals surface area contributed by atoms with Gasteiger partial charge in [0.15, 0.2) is 6.10 Å². The molecule has 0 aromatic carbocycles. The standard InChI is InChI=1S/C46H75O11P/c1-3-5-7-9-11-13-15-17-18-19-20-22-24-26-28-30-32-36-46(51)57-44(41-56-58(52,53)55-39-43(49)38-47)40-54-45(50)37-33-35-42(48)34-31-29-27-25-23-21-16-14-12-10-8-6-4-2/h11-14,17-18,20-23,26-29,31,34,42-44,47-49H,3-10,15-16,19,24-25,30,32-33,35-41H2,1-2H3,(H,52,53)/b13-11-,14-12-,18-17-,22-20-,23-21-,28-26-,29-27-,34-31+/t42-,43+,44-/m1/s1. The molecule has 0 spiro atoms. The molecule has 0 aliphatic carbocycles. The Morgan fingerprint density at radius 1 is 0.586 bits per heavy atom. The highest BCUT2D eigenvalue weighted by Gasteiger charge is 2.27. The SMILES string of the molecule is CCCCC/C=C\C/C=C\C/C=C\C=C\[C@@H](O)CCCC(=O)OC[C@H](COP(=O)(O)OC[C@@H](O)CO)OC(=O)CCC/C=C\C/C=C\C/C=C\C/C=C\CCCCC. The summed E-state index contributed by atoms with van der Waals surface area (Å²) in [5, 5.41) is 28.6. The number of aliphatic hydroxyl groups excluding tert-OH is 3. The fourth-order valence-electron chi connectivity index (χ4n) is 4.97. The van der Waals surface area contributed by atoms with Crippen molar-refractivity contribution in [2.24, 2.45) is 0 Å². The first kappa shape index (κ1) is 54.9. The van der Waals surface area contributed by atoms with E-state index < -0.39 is 64.5 Å². The van der Waals surface area contributed by atoms with Crippen LogP contribution in [-0.2, 0) is 32.7 Å². The predicted octanol–water partition coefficient (Wildman–Crippen LogP) is 10.2. The normalized spacial score (nSPS) is 15.3. The number of hydrogen-bond donors (Lipinski definition) is 4. The summed E-state index contributed by atoms with van der Waals surface area (Å²) in [5.41, 5.74) is 0. The number of phosphoric acid groups is 1. The first-order valence-corrected chi connectivity index (χ1v) is 22.8. The van der Waals surface area contributed by atoms with Crippen LogP contribution in [0.2, 0.25) is 0 Å². The monoisotopic (exact) mass is 835 g/mol. The Morgan fingerprint density at radius 2 is 1.07 bits per heavy atom. The van der Waals surface area contributed by atoms with Gasteiger partial charge in [0, 0.05) is 12.8 Å². The molecule has 330 valence electrons. The average molecular weight is 835 g/mol. The fourth-order valence-corrected chi connectivity index (χ4v) is 5.76. The topological polar surface area (TPSA) is 169 Å². The van der Waals surface area contributed by atoms with Crippen LogP contribution >= 0.6 is 7.82 Å². The molecular formula is C46H75O11P. The Kier molecular flexibility index (Phi) is 38.4. The molecule has 0 radical (unpaired) electrons. The van der Waals surface area contributed by atoms with Gasteiger partial charge < -0.3 is 29.7 Å². The minimum absolute atomic E-state index is 0.00413. The smallest absolute Gasteiger partial charge is 0.462 e. The highest BCUT2D eigenvalue weighted by molar-refractivity contribution is 7.47. The number of allylic oxidation sites excluding steroid dienone is 15. The van der Waals surface area contributed by atoms with Gasteiger partial charge in [0.25, 0.3) is 0 Å². The molecule has 4 atom stereocenters. The van der Waals surface area contributed by atoms with E-state index in [0.29, 0.717) is 25.7 Å². The van der Waals surface area contributed by atoms with Gasteiger partial charge in [-0.25, -0.2) is 4.57 Å². The zero-order valence-electron chi connectivity index (χ0n) is 35.3. The van der Waals surface area contributed by atoms with E-state index in [-0.39, 0.29) is 12.8 Å². The summed E-state index contributed by atoms with van der Waals surface area (Å²) in [6, 6.07) is 0. The lowest BCUT2D eigenvalue weighted by molar-refractivity contribution is -0.161. The van der Waals surface area contributed by atoms with E-state index in [0.717, 1.165) is 44.9 Å². The molecular weight excluding hydrogens is 759 g/mol. The zero-order chi connectivity index (χ0) is 42.8. The van der Waals surface area contributed by atoms with Crippen LogP contribution in [0.4, 0.5) is 0 Å². The van der Waals surface area contributed by atoms with Gasteiger partial charge in [-0.3, -0.25) is 18.6 Å². The van der Waals surface area contributed by atoms with Gasteiger partial charge in [-0.2, -0.15) is 0 Å². The second-order valence-corrected chi connectivity index (χ2v) is 15.3. The van der Waals surface area contributed by atoms with Gasteiger partial charge in [-0.15, -0.1) is 0 Å². The van der Waals surface area contributed by atoms with Crippen molar-refractivity contribution in [2.45, 2.75) is 154 Å². The number of esters is 2. The van der Waals surface area contributed by atoms with Crippen molar-refractivity contribution in [1.82, 2.24) is 0 Å². The Hall–Kier alpha value is -3.15. The van der Waals surface area contributed by atoms with Crippen molar-refractivity contribution in [3.8, 4) is 0 Å². The van der Waals surface area contributed by atoms with Crippen molar-refractivity contribution in [1.29, 1.82) is 0 Å². The molecule has 4 N–H and O–H groups in total. The number of rotatable bonds is 38. The highest BCUT2D eigenvalue weighted by atomic mass is 31.2. The molecule has 0 aromatic heterocycles. The average Bonchev–Trinajstić information content (AvgIpc) is 3.20. The van der Waals surface area contributed by atoms with Gasteiger partial charge in [0.2, 0.25) is 0 Å². The van der Waals surface area contributed by atoms with Crippen molar-refractivity contribution in [2.75, 3.05) is 26.4 Å². The van der Waals surface area contributed by atoms with Gasteiger partial charge in [0.05, 0.1) is 25.9 Å². The van der Waals surface area contributed by atoms with Crippen LogP contribution in [0, 0.1) is 0 Å². The van der Waals surface area contributed by atoms with Gasteiger partial charge in [-0.05, 0) is 83.5 Å². The quantitative estimate of drug-likeness (QED) is 0.0154. The summed E-state index contributed by atoms with van der Waals surface area (Å²) in [4.78, 5) is 35.0. The van der Waals surface area contributed by atoms with Crippen LogP contribution in [0.3, 0.4) is 0 Å².